The second kappa shape index (κ2) is 30.1. The molecule has 0 saturated carbocycles. The summed E-state index contributed by atoms with van der Waals surface area (Å²) in [6.07, 6.45) is -0.834. The Kier molecular flexibility index (Phi) is 22.0. The molecule has 4 aromatic heterocycles. The van der Waals surface area contributed by atoms with Crippen molar-refractivity contribution in [3.05, 3.63) is 188 Å². The Bertz CT molecular complexity index is 4040. The number of rotatable bonds is 26. The van der Waals surface area contributed by atoms with Crippen molar-refractivity contribution in [2.75, 3.05) is 79.0 Å². The summed E-state index contributed by atoms with van der Waals surface area (Å²) in [6, 6.07) is 24.9. The highest BCUT2D eigenvalue weighted by atomic mass is 19.4. The molecule has 4 heterocycles. The minimum absolute atomic E-state index is 0.0102. The molecule has 0 bridgehead atoms. The number of benzene rings is 3. The van der Waals surface area contributed by atoms with Gasteiger partial charge >= 0.3 is 24.2 Å². The number of nitrogens with one attached hydrogen (secondary N) is 4. The Balaban J connectivity index is 0.722. The van der Waals surface area contributed by atoms with Gasteiger partial charge in [-0.3, -0.25) is 37.9 Å². The molecular formula is C62H58F6N12O10. The van der Waals surface area contributed by atoms with Crippen LogP contribution in [0.4, 0.5) is 26.3 Å². The first-order valence-corrected chi connectivity index (χ1v) is 27.9. The highest BCUT2D eigenvalue weighted by molar-refractivity contribution is 6.35. The van der Waals surface area contributed by atoms with Crippen LogP contribution in [0.3, 0.4) is 0 Å². The van der Waals surface area contributed by atoms with Gasteiger partial charge in [0.05, 0.1) is 123 Å². The van der Waals surface area contributed by atoms with E-state index in [1.165, 1.54) is 48.3 Å². The van der Waals surface area contributed by atoms with Crippen molar-refractivity contribution in [2.45, 2.75) is 32.6 Å². The van der Waals surface area contributed by atoms with Gasteiger partial charge in [0.15, 0.2) is 0 Å². The Morgan fingerprint density at radius 2 is 1.00 bits per heavy atom. The fourth-order valence-electron chi connectivity index (χ4n) is 9.42. The zero-order valence-electron chi connectivity index (χ0n) is 48.3. The summed E-state index contributed by atoms with van der Waals surface area (Å²) in [4.78, 5) is 79.8. The summed E-state index contributed by atoms with van der Waals surface area (Å²) in [5, 5.41) is 37.4. The number of ether oxygens (including phenoxy) is 4. The van der Waals surface area contributed by atoms with Gasteiger partial charge in [-0.2, -0.15) is 47.1 Å². The van der Waals surface area contributed by atoms with E-state index in [0.717, 1.165) is 45.5 Å². The number of carbonyl (C=O) groups excluding carboxylic acids is 4. The third-order valence-electron chi connectivity index (χ3n) is 13.9. The number of alkyl halides is 6. The van der Waals surface area contributed by atoms with E-state index in [9.17, 15) is 65.6 Å². The van der Waals surface area contributed by atoms with Crippen molar-refractivity contribution >= 4 is 29.3 Å². The first-order chi connectivity index (χ1) is 43.2. The summed E-state index contributed by atoms with van der Waals surface area (Å²) >= 11 is 0. The van der Waals surface area contributed by atoms with Crippen LogP contribution in [0.5, 0.6) is 0 Å². The van der Waals surface area contributed by atoms with Gasteiger partial charge in [-0.15, -0.1) is 0 Å². The first-order valence-electron chi connectivity index (χ1n) is 27.9. The molecule has 3 aromatic carbocycles. The fourth-order valence-corrected chi connectivity index (χ4v) is 9.42. The standard InChI is InChI=1S/C62H58F6N12O10/c1-39-49(53-17-19-75-79(53)45-13-9-41(37-69)10-14-45)35-51(59(85)77(39)47-7-3-5-43(33-47)61(63,64)65)55(81)71-21-25-87-29-31-89-27-23-73-57(83)58(84)74-24-28-90-32-30-88-26-22-72-56(82)52-36-50(54-18-20-76-80(54)46-15-11-42(38-70)12-16-46)40(2)78(60(52)86)48-8-4-6-44(34-48)62(66,67)68/h3-11,13-20,33-36,42H,12,21-32H2,1-2H3,(H,71,81)(H,72,82)(H,73,83)(H,74,84). The number of nitriles is 2. The molecule has 1 aliphatic carbocycles. The highest BCUT2D eigenvalue weighted by Gasteiger charge is 2.33. The molecular weight excluding hydrogens is 1190 g/mol. The maximum absolute atomic E-state index is 14.0. The predicted molar refractivity (Wildman–Crippen MR) is 313 cm³/mol. The molecule has 8 rings (SSSR count). The highest BCUT2D eigenvalue weighted by Crippen LogP contribution is 2.35. The Morgan fingerprint density at radius 1 is 0.567 bits per heavy atom. The number of pyridine rings is 2. The molecule has 4 N–H and O–H groups in total. The van der Waals surface area contributed by atoms with E-state index in [0.29, 0.717) is 45.9 Å². The van der Waals surface area contributed by atoms with E-state index >= 15 is 0 Å². The van der Waals surface area contributed by atoms with Gasteiger partial charge in [0.25, 0.3) is 22.9 Å². The topological polar surface area (TPSA) is 281 Å². The van der Waals surface area contributed by atoms with Crippen molar-refractivity contribution in [2.24, 2.45) is 5.92 Å². The largest absolute Gasteiger partial charge is 0.416 e. The monoisotopic (exact) mass is 1240 g/mol. The quantitative estimate of drug-likeness (QED) is 0.0252. The number of carbonyl (C=O) groups is 4. The van der Waals surface area contributed by atoms with Gasteiger partial charge in [-0.05, 0) is 111 Å². The summed E-state index contributed by atoms with van der Waals surface area (Å²) in [5.74, 6) is -3.84. The maximum atomic E-state index is 14.0. The summed E-state index contributed by atoms with van der Waals surface area (Å²) in [5.41, 5.74) is -1.29. The van der Waals surface area contributed by atoms with E-state index < -0.39 is 58.2 Å². The van der Waals surface area contributed by atoms with E-state index in [1.807, 2.05) is 6.07 Å². The molecule has 0 aliphatic heterocycles. The van der Waals surface area contributed by atoms with Crippen molar-refractivity contribution in [3.63, 3.8) is 0 Å². The molecule has 1 unspecified atom stereocenters. The Hall–Kier alpha value is -10.3. The molecule has 22 nitrogen and oxygen atoms in total. The molecule has 0 radical (unpaired) electrons. The number of hydrogen-bond donors (Lipinski definition) is 4. The van der Waals surface area contributed by atoms with Crippen LogP contribution in [0.1, 0.15) is 55.2 Å². The molecule has 468 valence electrons. The number of hydrogen-bond acceptors (Lipinski definition) is 14. The van der Waals surface area contributed by atoms with Crippen LogP contribution in [0, 0.1) is 42.4 Å². The maximum Gasteiger partial charge on any atom is 0.416 e. The Morgan fingerprint density at radius 3 is 1.41 bits per heavy atom. The van der Waals surface area contributed by atoms with Crippen LogP contribution in [0.25, 0.3) is 45.3 Å². The van der Waals surface area contributed by atoms with Crippen LogP contribution in [-0.4, -0.2) is 131 Å². The number of amides is 4. The first kappa shape index (κ1) is 65.7. The van der Waals surface area contributed by atoms with Gasteiger partial charge < -0.3 is 40.2 Å². The summed E-state index contributed by atoms with van der Waals surface area (Å²) in [7, 11) is 0. The summed E-state index contributed by atoms with van der Waals surface area (Å²) in [6.45, 7) is 3.08. The number of allylic oxidation sites excluding steroid dienone is 4. The van der Waals surface area contributed by atoms with Crippen LogP contribution in [0.15, 0.2) is 137 Å². The van der Waals surface area contributed by atoms with E-state index in [2.05, 4.69) is 37.5 Å². The zero-order valence-corrected chi connectivity index (χ0v) is 48.3. The molecule has 4 amide bonds. The van der Waals surface area contributed by atoms with Gasteiger partial charge in [0, 0.05) is 60.1 Å². The van der Waals surface area contributed by atoms with Crippen molar-refractivity contribution < 1.29 is 64.5 Å². The van der Waals surface area contributed by atoms with E-state index in [-0.39, 0.29) is 119 Å². The lowest BCUT2D eigenvalue weighted by Crippen LogP contribution is -2.42. The molecule has 28 heteroatoms. The molecule has 0 spiro atoms. The second-order valence-electron chi connectivity index (χ2n) is 19.8. The number of nitrogens with zero attached hydrogens (tertiary/aromatic N) is 8. The lowest BCUT2D eigenvalue weighted by atomic mass is 10.0. The minimum atomic E-state index is -4.72. The average molecular weight is 1250 g/mol. The van der Waals surface area contributed by atoms with Gasteiger partial charge in [-0.25, -0.2) is 9.36 Å². The van der Waals surface area contributed by atoms with Crippen LogP contribution < -0.4 is 32.4 Å². The fraction of sp³-hybridized carbons (Fsp3) is 0.290. The lowest BCUT2D eigenvalue weighted by Gasteiger charge is -2.19. The lowest BCUT2D eigenvalue weighted by molar-refractivity contribution is -0.139. The predicted octanol–water partition coefficient (Wildman–Crippen LogP) is 6.63. The SMILES string of the molecule is Cc1c(-c2ccnn2C2=CCC(C#N)C=C2)cc(C(=O)NCCOCCOCCNC(=O)C(=O)NCCOCCOCCNC(=O)c2cc(-c3ccnn3-c3ccc(C#N)cc3)c(C)n(-c3cccc(C(F)(F)F)c3)c2=O)c(=O)n1-c1cccc(C(F)(F)F)c1. The molecule has 1 aliphatic rings. The average Bonchev–Trinajstić information content (AvgIpc) is 1.18. The minimum Gasteiger partial charge on any atom is -0.377 e. The van der Waals surface area contributed by atoms with Gasteiger partial charge in [-0.1, -0.05) is 24.3 Å². The van der Waals surface area contributed by atoms with E-state index in [4.69, 9.17) is 18.9 Å². The third kappa shape index (κ3) is 16.3. The number of halogens is 6. The molecule has 90 heavy (non-hydrogen) atoms. The van der Waals surface area contributed by atoms with Crippen molar-refractivity contribution in [1.29, 1.82) is 10.5 Å². The van der Waals surface area contributed by atoms with Crippen molar-refractivity contribution in [1.82, 2.24) is 50.0 Å². The van der Waals surface area contributed by atoms with Crippen LogP contribution in [0.2, 0.25) is 0 Å². The molecule has 1 atom stereocenters. The smallest absolute Gasteiger partial charge is 0.377 e. The zero-order chi connectivity index (χ0) is 64.5. The van der Waals surface area contributed by atoms with Gasteiger partial charge in [0.1, 0.15) is 11.1 Å². The van der Waals surface area contributed by atoms with Crippen LogP contribution >= 0.6 is 0 Å². The van der Waals surface area contributed by atoms with E-state index in [1.54, 1.807) is 66.2 Å². The van der Waals surface area contributed by atoms with Crippen molar-refractivity contribution in [3.8, 4) is 51.7 Å². The second-order valence-corrected chi connectivity index (χ2v) is 19.8. The normalized spacial score (nSPS) is 13.0. The molecule has 0 fully saturated rings. The van der Waals surface area contributed by atoms with Gasteiger partial charge in [0.2, 0.25) is 0 Å². The number of aromatic nitrogens is 6. The Labute approximate surface area is 509 Å². The third-order valence-corrected chi connectivity index (χ3v) is 13.9. The van der Waals surface area contributed by atoms with Crippen LogP contribution in [-0.2, 0) is 40.9 Å². The molecule has 7 aromatic rings. The molecule has 0 saturated heterocycles. The summed E-state index contributed by atoms with van der Waals surface area (Å²) < 4.78 is 110.